The van der Waals surface area contributed by atoms with Crippen LogP contribution in [0.4, 0.5) is 5.82 Å². The number of piperazine rings is 1. The molecular formula is C21H21N7O2. The van der Waals surface area contributed by atoms with E-state index in [9.17, 15) is 4.79 Å². The van der Waals surface area contributed by atoms with Crippen LogP contribution < -0.4 is 10.5 Å². The number of aromatic nitrogens is 5. The number of hydrogen-bond acceptors (Lipinski definition) is 8. The third kappa shape index (κ3) is 3.67. The van der Waals surface area contributed by atoms with Crippen LogP contribution in [0.15, 0.2) is 64.4 Å². The van der Waals surface area contributed by atoms with Crippen LogP contribution in [0.5, 0.6) is 0 Å². The Bertz CT molecular complexity index is 1200. The molecule has 152 valence electrons. The summed E-state index contributed by atoms with van der Waals surface area (Å²) in [6.45, 7) is 4.69. The number of hydrogen-bond donors (Lipinski definition) is 0. The molecule has 0 amide bonds. The van der Waals surface area contributed by atoms with Crippen molar-refractivity contribution in [2.75, 3.05) is 37.6 Å². The van der Waals surface area contributed by atoms with Crippen LogP contribution in [0.2, 0.25) is 0 Å². The summed E-state index contributed by atoms with van der Waals surface area (Å²) >= 11 is 0. The van der Waals surface area contributed by atoms with Gasteiger partial charge in [0.25, 0.3) is 5.56 Å². The Labute approximate surface area is 172 Å². The van der Waals surface area contributed by atoms with E-state index in [1.807, 2.05) is 18.2 Å². The minimum Gasteiger partial charge on any atom is -0.460 e. The molecule has 4 aromatic rings. The molecule has 1 aliphatic heterocycles. The van der Waals surface area contributed by atoms with E-state index in [1.54, 1.807) is 37.0 Å². The second-order valence-electron chi connectivity index (χ2n) is 7.22. The van der Waals surface area contributed by atoms with Gasteiger partial charge in [0, 0.05) is 62.1 Å². The van der Waals surface area contributed by atoms with E-state index in [1.165, 1.54) is 4.68 Å². The van der Waals surface area contributed by atoms with Crippen molar-refractivity contribution in [2.45, 2.75) is 6.54 Å². The molecule has 30 heavy (non-hydrogen) atoms. The van der Waals surface area contributed by atoms with E-state index in [4.69, 9.17) is 4.42 Å². The summed E-state index contributed by atoms with van der Waals surface area (Å²) in [4.78, 5) is 20.9. The second-order valence-corrected chi connectivity index (χ2v) is 7.22. The van der Waals surface area contributed by atoms with Gasteiger partial charge in [-0.05, 0) is 24.3 Å². The summed E-state index contributed by atoms with van der Waals surface area (Å²) in [6, 6.07) is 9.00. The van der Waals surface area contributed by atoms with Crippen molar-refractivity contribution in [3.8, 4) is 11.3 Å². The standard InChI is InChI=1S/C21H21N7O2/c29-19-4-3-18(16-2-1-6-22-14-16)25-28(19)12-9-26-7-10-27(11-8-26)21-20-17(5-13-30-20)15-23-24-21/h1-6,13-15H,7-12H2. The highest BCUT2D eigenvalue weighted by Crippen LogP contribution is 2.25. The quantitative estimate of drug-likeness (QED) is 0.497. The smallest absolute Gasteiger partial charge is 0.266 e. The molecule has 0 bridgehead atoms. The lowest BCUT2D eigenvalue weighted by Gasteiger charge is -2.35. The van der Waals surface area contributed by atoms with Gasteiger partial charge in [-0.3, -0.25) is 14.7 Å². The predicted molar refractivity (Wildman–Crippen MR) is 112 cm³/mol. The molecule has 1 fully saturated rings. The molecule has 5 rings (SSSR count). The van der Waals surface area contributed by atoms with Crippen molar-refractivity contribution < 1.29 is 4.42 Å². The first kappa shape index (κ1) is 18.4. The molecular weight excluding hydrogens is 382 g/mol. The zero-order valence-electron chi connectivity index (χ0n) is 16.4. The van der Waals surface area contributed by atoms with Crippen LogP contribution in [0.3, 0.4) is 0 Å². The van der Waals surface area contributed by atoms with Crippen LogP contribution in [-0.2, 0) is 6.54 Å². The first-order chi connectivity index (χ1) is 14.8. The van der Waals surface area contributed by atoms with Crippen molar-refractivity contribution in [2.24, 2.45) is 0 Å². The van der Waals surface area contributed by atoms with E-state index in [0.29, 0.717) is 6.54 Å². The van der Waals surface area contributed by atoms with Crippen LogP contribution in [-0.4, -0.2) is 62.6 Å². The van der Waals surface area contributed by atoms with E-state index in [2.05, 4.69) is 30.1 Å². The van der Waals surface area contributed by atoms with Crippen molar-refractivity contribution in [3.05, 3.63) is 65.5 Å². The Hall–Kier alpha value is -3.59. The fourth-order valence-electron chi connectivity index (χ4n) is 3.70. The molecule has 5 heterocycles. The molecule has 0 atom stereocenters. The van der Waals surface area contributed by atoms with E-state index < -0.39 is 0 Å². The van der Waals surface area contributed by atoms with Gasteiger partial charge in [0.2, 0.25) is 0 Å². The minimum atomic E-state index is -0.0963. The molecule has 0 aliphatic carbocycles. The summed E-state index contributed by atoms with van der Waals surface area (Å²) in [7, 11) is 0. The number of fused-ring (bicyclic) bond motifs is 1. The van der Waals surface area contributed by atoms with Crippen molar-refractivity contribution in [1.82, 2.24) is 29.9 Å². The molecule has 0 unspecified atom stereocenters. The average Bonchev–Trinajstić information content (AvgIpc) is 3.29. The van der Waals surface area contributed by atoms with Crippen molar-refractivity contribution in [1.29, 1.82) is 0 Å². The predicted octanol–water partition coefficient (Wildman–Crippen LogP) is 1.66. The summed E-state index contributed by atoms with van der Waals surface area (Å²) in [5.41, 5.74) is 2.33. The number of pyridine rings is 1. The highest BCUT2D eigenvalue weighted by molar-refractivity contribution is 5.86. The van der Waals surface area contributed by atoms with Gasteiger partial charge in [0.05, 0.1) is 24.7 Å². The summed E-state index contributed by atoms with van der Waals surface area (Å²) < 4.78 is 7.12. The topological polar surface area (TPSA) is 93.2 Å². The minimum absolute atomic E-state index is 0.0963. The lowest BCUT2D eigenvalue weighted by Crippen LogP contribution is -2.48. The van der Waals surface area contributed by atoms with Gasteiger partial charge in [-0.2, -0.15) is 10.2 Å². The first-order valence-corrected chi connectivity index (χ1v) is 9.93. The lowest BCUT2D eigenvalue weighted by atomic mass is 10.2. The van der Waals surface area contributed by atoms with Gasteiger partial charge in [-0.15, -0.1) is 5.10 Å². The van der Waals surface area contributed by atoms with E-state index in [-0.39, 0.29) is 5.56 Å². The van der Waals surface area contributed by atoms with Gasteiger partial charge in [-0.1, -0.05) is 0 Å². The first-order valence-electron chi connectivity index (χ1n) is 9.93. The van der Waals surface area contributed by atoms with Gasteiger partial charge in [0.15, 0.2) is 11.4 Å². The highest BCUT2D eigenvalue weighted by atomic mass is 16.3. The maximum absolute atomic E-state index is 12.2. The largest absolute Gasteiger partial charge is 0.460 e. The molecule has 0 aromatic carbocycles. The molecule has 0 saturated carbocycles. The summed E-state index contributed by atoms with van der Waals surface area (Å²) in [6.07, 6.45) is 6.84. The number of furan rings is 1. The van der Waals surface area contributed by atoms with Gasteiger partial charge in [0.1, 0.15) is 0 Å². The van der Waals surface area contributed by atoms with Gasteiger partial charge in [-0.25, -0.2) is 4.68 Å². The van der Waals surface area contributed by atoms with E-state index in [0.717, 1.165) is 60.8 Å². The van der Waals surface area contributed by atoms with E-state index >= 15 is 0 Å². The van der Waals surface area contributed by atoms with Gasteiger partial charge >= 0.3 is 0 Å². The van der Waals surface area contributed by atoms with Crippen LogP contribution in [0, 0.1) is 0 Å². The maximum Gasteiger partial charge on any atom is 0.266 e. The maximum atomic E-state index is 12.2. The number of anilines is 1. The Balaban J connectivity index is 1.22. The fourth-order valence-corrected chi connectivity index (χ4v) is 3.70. The van der Waals surface area contributed by atoms with Crippen LogP contribution in [0.25, 0.3) is 22.2 Å². The third-order valence-corrected chi connectivity index (χ3v) is 5.37. The summed E-state index contributed by atoms with van der Waals surface area (Å²) in [5, 5.41) is 13.8. The zero-order valence-corrected chi connectivity index (χ0v) is 16.4. The molecule has 9 heteroatoms. The summed E-state index contributed by atoms with van der Waals surface area (Å²) in [5.74, 6) is 0.791. The molecule has 9 nitrogen and oxygen atoms in total. The Morgan fingerprint density at radius 3 is 2.73 bits per heavy atom. The third-order valence-electron chi connectivity index (χ3n) is 5.37. The number of rotatable bonds is 5. The van der Waals surface area contributed by atoms with Crippen LogP contribution >= 0.6 is 0 Å². The molecule has 0 spiro atoms. The highest BCUT2D eigenvalue weighted by Gasteiger charge is 2.21. The molecule has 4 aromatic heterocycles. The normalized spacial score (nSPS) is 15.0. The Kier molecular flexibility index (Phi) is 4.94. The van der Waals surface area contributed by atoms with Crippen molar-refractivity contribution in [3.63, 3.8) is 0 Å². The average molecular weight is 403 g/mol. The SMILES string of the molecule is O=c1ccc(-c2cccnc2)nn1CCN1CCN(c2nncc3ccoc23)CC1. The Morgan fingerprint density at radius 2 is 1.90 bits per heavy atom. The zero-order chi connectivity index (χ0) is 20.3. The van der Waals surface area contributed by atoms with Gasteiger partial charge < -0.3 is 9.32 Å². The number of nitrogens with zero attached hydrogens (tertiary/aromatic N) is 7. The fraction of sp³-hybridized carbons (Fsp3) is 0.286. The van der Waals surface area contributed by atoms with Crippen LogP contribution in [0.1, 0.15) is 0 Å². The Morgan fingerprint density at radius 1 is 1.00 bits per heavy atom. The molecule has 1 saturated heterocycles. The monoisotopic (exact) mass is 403 g/mol. The van der Waals surface area contributed by atoms with Crippen molar-refractivity contribution >= 4 is 16.8 Å². The second kappa shape index (κ2) is 8.03. The molecule has 1 aliphatic rings. The lowest BCUT2D eigenvalue weighted by molar-refractivity contribution is 0.242. The molecule has 0 radical (unpaired) electrons. The molecule has 0 N–H and O–H groups in total.